The maximum atomic E-state index is 12.4. The number of carbonyl (C=O) groups is 1. The summed E-state index contributed by atoms with van der Waals surface area (Å²) in [7, 11) is 0. The number of likely N-dealkylation sites (tertiary alicyclic amines) is 1. The van der Waals surface area contributed by atoms with Crippen LogP contribution in [0.25, 0.3) is 0 Å². The van der Waals surface area contributed by atoms with Gasteiger partial charge in [0.1, 0.15) is 6.54 Å². The average Bonchev–Trinajstić information content (AvgIpc) is 3.19. The van der Waals surface area contributed by atoms with Crippen molar-refractivity contribution in [3.8, 4) is 0 Å². The molecule has 2 aromatic heterocycles. The minimum absolute atomic E-state index is 0.0985. The molecule has 1 amide bonds. The van der Waals surface area contributed by atoms with Crippen LogP contribution < -0.4 is 0 Å². The molecule has 1 saturated heterocycles. The van der Waals surface area contributed by atoms with E-state index >= 15 is 0 Å². The molecule has 0 radical (unpaired) electrons. The maximum Gasteiger partial charge on any atom is 0.244 e. The first-order chi connectivity index (χ1) is 11.0. The molecule has 124 valence electrons. The number of rotatable bonds is 5. The van der Waals surface area contributed by atoms with Gasteiger partial charge in [0.25, 0.3) is 0 Å². The molecule has 1 unspecified atom stereocenters. The van der Waals surface area contributed by atoms with E-state index in [4.69, 9.17) is 4.74 Å². The van der Waals surface area contributed by atoms with Crippen LogP contribution in [0.5, 0.6) is 0 Å². The van der Waals surface area contributed by atoms with E-state index in [1.165, 1.54) is 0 Å². The summed E-state index contributed by atoms with van der Waals surface area (Å²) in [5.41, 5.74) is 2.93. The van der Waals surface area contributed by atoms with Gasteiger partial charge in [-0.15, -0.1) is 11.3 Å². The third kappa shape index (κ3) is 3.97. The van der Waals surface area contributed by atoms with Crippen molar-refractivity contribution in [3.05, 3.63) is 33.5 Å². The number of aromatic nitrogens is 3. The van der Waals surface area contributed by atoms with Crippen molar-refractivity contribution in [2.24, 2.45) is 0 Å². The Morgan fingerprint density at radius 2 is 2.26 bits per heavy atom. The van der Waals surface area contributed by atoms with Gasteiger partial charge in [0.15, 0.2) is 0 Å². The van der Waals surface area contributed by atoms with Gasteiger partial charge >= 0.3 is 0 Å². The molecule has 0 aliphatic carbocycles. The van der Waals surface area contributed by atoms with E-state index < -0.39 is 0 Å². The summed E-state index contributed by atoms with van der Waals surface area (Å²) in [5.74, 6) is 0.104. The standard InChI is InChI=1S/C16H22N4O2S/c1-11-6-12(2)20(18-11)8-16(21)19-5-4-15(7-19)22-9-14-10-23-13(3)17-14/h6,10,15H,4-5,7-9H2,1-3H3. The fourth-order valence-electron chi connectivity index (χ4n) is 2.83. The van der Waals surface area contributed by atoms with Crippen LogP contribution in [0.2, 0.25) is 0 Å². The van der Waals surface area contributed by atoms with E-state index in [0.29, 0.717) is 19.7 Å². The summed E-state index contributed by atoms with van der Waals surface area (Å²) in [4.78, 5) is 18.7. The number of ether oxygens (including phenoxy) is 1. The molecule has 2 aromatic rings. The van der Waals surface area contributed by atoms with Gasteiger partial charge in [-0.25, -0.2) is 4.98 Å². The number of carbonyl (C=O) groups excluding carboxylic acids is 1. The molecule has 0 saturated carbocycles. The molecule has 1 fully saturated rings. The van der Waals surface area contributed by atoms with Crippen LogP contribution >= 0.6 is 11.3 Å². The second-order valence-corrected chi connectivity index (χ2v) is 7.07. The van der Waals surface area contributed by atoms with Crippen molar-refractivity contribution >= 4 is 17.2 Å². The highest BCUT2D eigenvalue weighted by molar-refractivity contribution is 7.09. The lowest BCUT2D eigenvalue weighted by Gasteiger charge is -2.17. The van der Waals surface area contributed by atoms with Crippen LogP contribution in [-0.2, 0) is 22.7 Å². The Hall–Kier alpha value is -1.73. The molecule has 23 heavy (non-hydrogen) atoms. The van der Waals surface area contributed by atoms with Crippen LogP contribution in [0.15, 0.2) is 11.4 Å². The lowest BCUT2D eigenvalue weighted by molar-refractivity contribution is -0.131. The minimum atomic E-state index is 0.0985. The first kappa shape index (κ1) is 16.1. The number of amides is 1. The highest BCUT2D eigenvalue weighted by atomic mass is 32.1. The van der Waals surface area contributed by atoms with E-state index in [9.17, 15) is 4.79 Å². The second-order valence-electron chi connectivity index (χ2n) is 6.00. The van der Waals surface area contributed by atoms with Crippen molar-refractivity contribution in [2.75, 3.05) is 13.1 Å². The van der Waals surface area contributed by atoms with Gasteiger partial charge < -0.3 is 9.64 Å². The van der Waals surface area contributed by atoms with Crippen molar-refractivity contribution in [2.45, 2.75) is 46.4 Å². The van der Waals surface area contributed by atoms with Gasteiger partial charge in [-0.3, -0.25) is 9.48 Å². The quantitative estimate of drug-likeness (QED) is 0.840. The SMILES string of the molecule is Cc1cc(C)n(CC(=O)N2CCC(OCc3csc(C)n3)C2)n1. The van der Waals surface area contributed by atoms with E-state index in [2.05, 4.69) is 10.1 Å². The summed E-state index contributed by atoms with van der Waals surface area (Å²) in [6, 6.07) is 1.99. The average molecular weight is 334 g/mol. The van der Waals surface area contributed by atoms with Gasteiger partial charge in [-0.2, -0.15) is 5.10 Å². The molecule has 3 heterocycles. The van der Waals surface area contributed by atoms with Crippen LogP contribution in [0.4, 0.5) is 0 Å². The fraction of sp³-hybridized carbons (Fsp3) is 0.562. The monoisotopic (exact) mass is 334 g/mol. The molecular formula is C16H22N4O2S. The maximum absolute atomic E-state index is 12.4. The Balaban J connectivity index is 1.49. The summed E-state index contributed by atoms with van der Waals surface area (Å²) in [6.45, 7) is 8.13. The molecule has 1 aliphatic heterocycles. The Bertz CT molecular complexity index is 694. The van der Waals surface area contributed by atoms with E-state index in [0.717, 1.165) is 35.1 Å². The van der Waals surface area contributed by atoms with E-state index in [-0.39, 0.29) is 12.0 Å². The Morgan fingerprint density at radius 1 is 1.43 bits per heavy atom. The Kier molecular flexibility index (Phi) is 4.77. The molecule has 6 nitrogen and oxygen atoms in total. The van der Waals surface area contributed by atoms with Gasteiger partial charge in [-0.1, -0.05) is 0 Å². The number of thiazole rings is 1. The van der Waals surface area contributed by atoms with Crippen molar-refractivity contribution < 1.29 is 9.53 Å². The molecule has 1 aliphatic rings. The Morgan fingerprint density at radius 3 is 2.91 bits per heavy atom. The first-order valence-corrected chi connectivity index (χ1v) is 8.70. The molecule has 0 bridgehead atoms. The van der Waals surface area contributed by atoms with Crippen LogP contribution in [-0.4, -0.2) is 44.8 Å². The topological polar surface area (TPSA) is 60.2 Å². The summed E-state index contributed by atoms with van der Waals surface area (Å²) >= 11 is 1.63. The highest BCUT2D eigenvalue weighted by Gasteiger charge is 2.27. The normalized spacial score (nSPS) is 17.9. The number of nitrogens with zero attached hydrogens (tertiary/aromatic N) is 4. The van der Waals surface area contributed by atoms with E-state index in [1.54, 1.807) is 16.0 Å². The molecular weight excluding hydrogens is 312 g/mol. The number of hydrogen-bond donors (Lipinski definition) is 0. The summed E-state index contributed by atoms with van der Waals surface area (Å²) < 4.78 is 7.66. The summed E-state index contributed by atoms with van der Waals surface area (Å²) in [5, 5.41) is 7.43. The van der Waals surface area contributed by atoms with Gasteiger partial charge in [-0.05, 0) is 33.3 Å². The largest absolute Gasteiger partial charge is 0.370 e. The molecule has 0 spiro atoms. The fourth-order valence-corrected chi connectivity index (χ4v) is 3.43. The van der Waals surface area contributed by atoms with E-state index in [1.807, 2.05) is 37.1 Å². The minimum Gasteiger partial charge on any atom is -0.370 e. The smallest absolute Gasteiger partial charge is 0.244 e. The third-order valence-corrected chi connectivity index (χ3v) is 4.84. The van der Waals surface area contributed by atoms with Crippen molar-refractivity contribution in [1.82, 2.24) is 19.7 Å². The van der Waals surface area contributed by atoms with Gasteiger partial charge in [0, 0.05) is 24.2 Å². The molecule has 3 rings (SSSR count). The van der Waals surface area contributed by atoms with Gasteiger partial charge in [0.05, 0.1) is 29.1 Å². The molecule has 1 atom stereocenters. The lowest BCUT2D eigenvalue weighted by atomic mass is 10.3. The first-order valence-electron chi connectivity index (χ1n) is 7.82. The van der Waals surface area contributed by atoms with Crippen LogP contribution in [0, 0.1) is 20.8 Å². The number of hydrogen-bond acceptors (Lipinski definition) is 5. The summed E-state index contributed by atoms with van der Waals surface area (Å²) in [6.07, 6.45) is 0.979. The molecule has 7 heteroatoms. The molecule has 0 aromatic carbocycles. The van der Waals surface area contributed by atoms with Gasteiger partial charge in [0.2, 0.25) is 5.91 Å². The van der Waals surface area contributed by atoms with Crippen LogP contribution in [0.3, 0.4) is 0 Å². The van der Waals surface area contributed by atoms with Crippen LogP contribution in [0.1, 0.15) is 28.5 Å². The van der Waals surface area contributed by atoms with Crippen molar-refractivity contribution in [3.63, 3.8) is 0 Å². The zero-order valence-electron chi connectivity index (χ0n) is 13.8. The Labute approximate surface area is 140 Å². The highest BCUT2D eigenvalue weighted by Crippen LogP contribution is 2.16. The van der Waals surface area contributed by atoms with Crippen molar-refractivity contribution in [1.29, 1.82) is 0 Å². The predicted molar refractivity (Wildman–Crippen MR) is 88.3 cm³/mol. The molecule has 0 N–H and O–H groups in total. The second kappa shape index (κ2) is 6.80. The lowest BCUT2D eigenvalue weighted by Crippen LogP contribution is -2.33. The zero-order chi connectivity index (χ0) is 16.4. The zero-order valence-corrected chi connectivity index (χ0v) is 14.6. The number of aryl methyl sites for hydroxylation is 3. The third-order valence-electron chi connectivity index (χ3n) is 4.02. The predicted octanol–water partition coefficient (Wildman–Crippen LogP) is 2.08.